The number of aryl methyl sites for hydroxylation is 1. The molecule has 0 N–H and O–H groups in total. The maximum absolute atomic E-state index is 12.8. The molecule has 0 unspecified atom stereocenters. The normalized spacial score (nSPS) is 18.4. The van der Waals surface area contributed by atoms with E-state index in [2.05, 4.69) is 11.9 Å². The van der Waals surface area contributed by atoms with Crippen molar-refractivity contribution in [2.45, 2.75) is 26.7 Å². The molecule has 1 saturated heterocycles. The number of pyridine rings is 1. The number of hydrogen-bond donors (Lipinski definition) is 0. The lowest BCUT2D eigenvalue weighted by molar-refractivity contribution is 0.0688. The largest absolute Gasteiger partial charge is 0.338 e. The minimum Gasteiger partial charge on any atom is -0.338 e. The summed E-state index contributed by atoms with van der Waals surface area (Å²) in [6.45, 7) is 5.70. The smallest absolute Gasteiger partial charge is 0.266 e. The topological polar surface area (TPSA) is 54.7 Å². The van der Waals surface area contributed by atoms with Crippen molar-refractivity contribution in [3.63, 3.8) is 0 Å². The Morgan fingerprint density at radius 2 is 2.25 bits per heavy atom. The minimum atomic E-state index is -0.110. The van der Waals surface area contributed by atoms with Crippen LogP contribution in [0, 0.1) is 12.8 Å². The second-order valence-electron chi connectivity index (χ2n) is 6.63. The average molecular weight is 341 g/mol. The molecule has 1 atom stereocenters. The number of likely N-dealkylation sites (tertiary alicyclic amines) is 1. The highest BCUT2D eigenvalue weighted by atomic mass is 32.1. The van der Waals surface area contributed by atoms with Crippen molar-refractivity contribution in [3.05, 3.63) is 45.2 Å². The van der Waals surface area contributed by atoms with Crippen LogP contribution in [0.4, 0.5) is 0 Å². The number of nitrogens with zero attached hydrogens (tertiary/aromatic N) is 3. The fraction of sp³-hybridized carbons (Fsp3) is 0.389. The van der Waals surface area contributed by atoms with Crippen LogP contribution in [0.3, 0.4) is 0 Å². The Labute approximate surface area is 143 Å². The number of piperidine rings is 1. The molecule has 4 heterocycles. The maximum atomic E-state index is 12.8. The molecule has 1 aliphatic heterocycles. The molecule has 0 aliphatic carbocycles. The molecule has 0 saturated carbocycles. The van der Waals surface area contributed by atoms with Crippen LogP contribution in [-0.2, 0) is 0 Å². The predicted octanol–water partition coefficient (Wildman–Crippen LogP) is 3.09. The van der Waals surface area contributed by atoms with Gasteiger partial charge in [-0.2, -0.15) is 0 Å². The van der Waals surface area contributed by atoms with Gasteiger partial charge in [-0.15, -0.1) is 11.3 Å². The first-order valence-electron chi connectivity index (χ1n) is 8.25. The first-order valence-corrected chi connectivity index (χ1v) is 9.07. The van der Waals surface area contributed by atoms with Gasteiger partial charge in [-0.3, -0.25) is 14.0 Å². The van der Waals surface area contributed by atoms with E-state index in [4.69, 9.17) is 0 Å². The van der Waals surface area contributed by atoms with E-state index in [1.165, 1.54) is 17.8 Å². The molecule has 0 aromatic carbocycles. The van der Waals surface area contributed by atoms with Crippen LogP contribution in [0.15, 0.2) is 29.2 Å². The quantitative estimate of drug-likeness (QED) is 0.683. The van der Waals surface area contributed by atoms with Crippen LogP contribution in [0.1, 0.15) is 35.0 Å². The van der Waals surface area contributed by atoms with E-state index in [0.29, 0.717) is 26.7 Å². The molecule has 0 bridgehead atoms. The zero-order valence-corrected chi connectivity index (χ0v) is 14.6. The first-order chi connectivity index (χ1) is 11.5. The Balaban J connectivity index is 1.82. The molecule has 6 heteroatoms. The summed E-state index contributed by atoms with van der Waals surface area (Å²) in [4.78, 5) is 33.3. The van der Waals surface area contributed by atoms with Gasteiger partial charge in [-0.1, -0.05) is 13.0 Å². The summed E-state index contributed by atoms with van der Waals surface area (Å²) in [6, 6.07) is 5.49. The number of carbonyl (C=O) groups excluding carboxylic acids is 1. The summed E-state index contributed by atoms with van der Waals surface area (Å²) in [7, 11) is 0. The zero-order chi connectivity index (χ0) is 16.8. The summed E-state index contributed by atoms with van der Waals surface area (Å²) in [5.41, 5.74) is 1.49. The number of amides is 1. The molecule has 4 rings (SSSR count). The van der Waals surface area contributed by atoms with E-state index in [9.17, 15) is 9.59 Å². The average Bonchev–Trinajstić information content (AvgIpc) is 3.00. The Morgan fingerprint density at radius 3 is 3.04 bits per heavy atom. The zero-order valence-electron chi connectivity index (χ0n) is 13.8. The molecule has 24 heavy (non-hydrogen) atoms. The van der Waals surface area contributed by atoms with Crippen molar-refractivity contribution >= 4 is 33.1 Å². The Hall–Kier alpha value is -2.21. The van der Waals surface area contributed by atoms with Gasteiger partial charge >= 0.3 is 0 Å². The van der Waals surface area contributed by atoms with E-state index in [-0.39, 0.29) is 11.5 Å². The van der Waals surface area contributed by atoms with Crippen LogP contribution in [-0.4, -0.2) is 33.3 Å². The number of fused-ring (bicyclic) bond motifs is 2. The SMILES string of the molecule is Cc1cccn2c(=O)c3cc(C(=O)N4CCC[C@H](C)C4)sc3nc12. The van der Waals surface area contributed by atoms with Crippen LogP contribution in [0.2, 0.25) is 0 Å². The highest BCUT2D eigenvalue weighted by Gasteiger charge is 2.24. The van der Waals surface area contributed by atoms with Crippen molar-refractivity contribution in [1.29, 1.82) is 0 Å². The molecule has 124 valence electrons. The molecule has 3 aromatic rings. The molecular weight excluding hydrogens is 322 g/mol. The van der Waals surface area contributed by atoms with Crippen molar-refractivity contribution < 1.29 is 4.79 Å². The number of hydrogen-bond acceptors (Lipinski definition) is 4. The summed E-state index contributed by atoms with van der Waals surface area (Å²) in [5, 5.41) is 0.525. The lowest BCUT2D eigenvalue weighted by Gasteiger charge is -2.30. The van der Waals surface area contributed by atoms with Crippen molar-refractivity contribution in [1.82, 2.24) is 14.3 Å². The monoisotopic (exact) mass is 341 g/mol. The molecule has 1 aliphatic rings. The van der Waals surface area contributed by atoms with Crippen molar-refractivity contribution in [3.8, 4) is 0 Å². The molecule has 0 spiro atoms. The summed E-state index contributed by atoms with van der Waals surface area (Å²) < 4.78 is 1.56. The van der Waals surface area contributed by atoms with Crippen molar-refractivity contribution in [2.24, 2.45) is 5.92 Å². The van der Waals surface area contributed by atoms with Crippen LogP contribution < -0.4 is 5.56 Å². The second-order valence-corrected chi connectivity index (χ2v) is 7.66. The van der Waals surface area contributed by atoms with Gasteiger partial charge in [-0.05, 0) is 43.4 Å². The third-order valence-electron chi connectivity index (χ3n) is 4.69. The van der Waals surface area contributed by atoms with E-state index >= 15 is 0 Å². The Morgan fingerprint density at radius 1 is 1.42 bits per heavy atom. The fourth-order valence-corrected chi connectivity index (χ4v) is 4.38. The third kappa shape index (κ3) is 2.41. The van der Waals surface area contributed by atoms with Crippen molar-refractivity contribution in [2.75, 3.05) is 13.1 Å². The third-order valence-corrected chi connectivity index (χ3v) is 5.70. The van der Waals surface area contributed by atoms with Gasteiger partial charge in [-0.25, -0.2) is 4.98 Å². The van der Waals surface area contributed by atoms with Gasteiger partial charge in [0.05, 0.1) is 10.3 Å². The van der Waals surface area contributed by atoms with Gasteiger partial charge in [0.15, 0.2) is 0 Å². The molecule has 1 fully saturated rings. The number of carbonyl (C=O) groups is 1. The first kappa shape index (κ1) is 15.3. The number of rotatable bonds is 1. The lowest BCUT2D eigenvalue weighted by Crippen LogP contribution is -2.38. The van der Waals surface area contributed by atoms with E-state index in [0.717, 1.165) is 25.1 Å². The standard InChI is InChI=1S/C18H19N3O2S/c1-11-5-3-7-20(10-11)18(23)14-9-13-16(24-14)19-15-12(2)6-4-8-21(15)17(13)22/h4,6,8-9,11H,3,5,7,10H2,1-2H3/t11-/m0/s1. The fourth-order valence-electron chi connectivity index (χ4n) is 3.39. The highest BCUT2D eigenvalue weighted by molar-refractivity contribution is 7.20. The Kier molecular flexibility index (Phi) is 3.64. The molecule has 5 nitrogen and oxygen atoms in total. The van der Waals surface area contributed by atoms with E-state index in [1.54, 1.807) is 16.7 Å². The predicted molar refractivity (Wildman–Crippen MR) is 95.9 cm³/mol. The molecule has 3 aromatic heterocycles. The van der Waals surface area contributed by atoms with Gasteiger partial charge in [0.1, 0.15) is 10.5 Å². The van der Waals surface area contributed by atoms with E-state index < -0.39 is 0 Å². The molecule has 0 radical (unpaired) electrons. The molecular formula is C18H19N3O2S. The van der Waals surface area contributed by atoms with Gasteiger partial charge < -0.3 is 4.90 Å². The van der Waals surface area contributed by atoms with Gasteiger partial charge in [0.2, 0.25) is 0 Å². The Bertz CT molecular complexity index is 1000. The summed E-state index contributed by atoms with van der Waals surface area (Å²) in [6.07, 6.45) is 3.94. The maximum Gasteiger partial charge on any atom is 0.266 e. The molecule has 1 amide bonds. The lowest BCUT2D eigenvalue weighted by atomic mass is 10.0. The van der Waals surface area contributed by atoms with Crippen LogP contribution in [0.25, 0.3) is 15.9 Å². The summed E-state index contributed by atoms with van der Waals surface area (Å²) >= 11 is 1.32. The number of aromatic nitrogens is 2. The summed E-state index contributed by atoms with van der Waals surface area (Å²) in [5.74, 6) is 0.556. The van der Waals surface area contributed by atoms with Gasteiger partial charge in [0, 0.05) is 19.3 Å². The highest BCUT2D eigenvalue weighted by Crippen LogP contribution is 2.26. The number of thiophene rings is 1. The van der Waals surface area contributed by atoms with Gasteiger partial charge in [0.25, 0.3) is 11.5 Å². The van der Waals surface area contributed by atoms with Crippen LogP contribution >= 0.6 is 11.3 Å². The van der Waals surface area contributed by atoms with Crippen LogP contribution in [0.5, 0.6) is 0 Å². The minimum absolute atomic E-state index is 0.0229. The second kappa shape index (κ2) is 5.70. The van der Waals surface area contributed by atoms with E-state index in [1.807, 2.05) is 24.0 Å².